The van der Waals surface area contributed by atoms with Crippen molar-refractivity contribution in [3.05, 3.63) is 22.7 Å². The molecule has 2 nitrogen and oxygen atoms in total. The molecule has 0 spiro atoms. The van der Waals surface area contributed by atoms with Gasteiger partial charge in [-0.1, -0.05) is 6.07 Å². The van der Waals surface area contributed by atoms with E-state index in [1.807, 2.05) is 0 Å². The van der Waals surface area contributed by atoms with E-state index in [9.17, 15) is 0 Å². The van der Waals surface area contributed by atoms with Gasteiger partial charge in [0, 0.05) is 24.1 Å². The van der Waals surface area contributed by atoms with Crippen molar-refractivity contribution in [1.82, 2.24) is 0 Å². The molecule has 0 aliphatic carbocycles. The van der Waals surface area contributed by atoms with Crippen LogP contribution >= 0.6 is 15.9 Å². The van der Waals surface area contributed by atoms with Gasteiger partial charge < -0.3 is 10.2 Å². The number of hydrogen-bond acceptors (Lipinski definition) is 2. The Labute approximate surface area is 87.1 Å². The minimum Gasteiger partial charge on any atom is -0.382 e. The Morgan fingerprint density at radius 1 is 1.54 bits per heavy atom. The zero-order chi connectivity index (χ0) is 9.26. The average molecular weight is 241 g/mol. The Morgan fingerprint density at radius 3 is 3.15 bits per heavy atom. The van der Waals surface area contributed by atoms with Gasteiger partial charge in [0.05, 0.1) is 11.4 Å². The van der Waals surface area contributed by atoms with Gasteiger partial charge in [-0.05, 0) is 35.0 Å². The van der Waals surface area contributed by atoms with E-state index in [2.05, 4.69) is 51.3 Å². The van der Waals surface area contributed by atoms with Crippen LogP contribution in [0.3, 0.4) is 0 Å². The van der Waals surface area contributed by atoms with Crippen molar-refractivity contribution in [1.29, 1.82) is 0 Å². The molecule has 3 heteroatoms. The fourth-order valence-electron chi connectivity index (χ4n) is 1.73. The number of anilines is 2. The van der Waals surface area contributed by atoms with Crippen molar-refractivity contribution >= 4 is 27.3 Å². The third-order valence-electron chi connectivity index (χ3n) is 2.38. The molecule has 0 bridgehead atoms. The quantitative estimate of drug-likeness (QED) is 0.813. The van der Waals surface area contributed by atoms with E-state index in [0.29, 0.717) is 0 Å². The van der Waals surface area contributed by atoms with Gasteiger partial charge in [-0.3, -0.25) is 0 Å². The molecular weight excluding hydrogens is 228 g/mol. The fourth-order valence-corrected chi connectivity index (χ4v) is 2.35. The van der Waals surface area contributed by atoms with E-state index in [4.69, 9.17) is 0 Å². The second-order valence-electron chi connectivity index (χ2n) is 3.14. The lowest BCUT2D eigenvalue weighted by molar-refractivity contribution is 0.812. The number of para-hydroxylation sites is 1. The topological polar surface area (TPSA) is 15.3 Å². The van der Waals surface area contributed by atoms with Crippen molar-refractivity contribution in [3.63, 3.8) is 0 Å². The maximum absolute atomic E-state index is 3.58. The molecule has 1 N–H and O–H groups in total. The molecule has 1 heterocycles. The number of benzene rings is 1. The Kier molecular flexibility index (Phi) is 2.44. The van der Waals surface area contributed by atoms with Gasteiger partial charge in [0.2, 0.25) is 0 Å². The smallest absolute Gasteiger partial charge is 0.0746 e. The van der Waals surface area contributed by atoms with Crippen LogP contribution in [-0.4, -0.2) is 19.6 Å². The lowest BCUT2D eigenvalue weighted by Crippen LogP contribution is -2.33. The lowest BCUT2D eigenvalue weighted by Gasteiger charge is -2.31. The van der Waals surface area contributed by atoms with E-state index < -0.39 is 0 Å². The second kappa shape index (κ2) is 3.58. The normalized spacial score (nSPS) is 15.1. The molecule has 0 unspecified atom stereocenters. The van der Waals surface area contributed by atoms with Crippen molar-refractivity contribution in [2.24, 2.45) is 0 Å². The van der Waals surface area contributed by atoms with Gasteiger partial charge in [-0.15, -0.1) is 0 Å². The number of likely N-dealkylation sites (N-methyl/N-ethyl adjacent to an activating group) is 1. The zero-order valence-corrected chi connectivity index (χ0v) is 9.26. The molecule has 1 aliphatic rings. The molecule has 0 atom stereocenters. The van der Waals surface area contributed by atoms with E-state index in [1.165, 1.54) is 15.8 Å². The summed E-state index contributed by atoms with van der Waals surface area (Å²) in [4.78, 5) is 2.38. The first-order chi connectivity index (χ1) is 6.33. The molecule has 1 aromatic rings. The molecular formula is C10H13BrN2. The van der Waals surface area contributed by atoms with Crippen LogP contribution in [0.5, 0.6) is 0 Å². The molecule has 0 aromatic heterocycles. The third-order valence-corrected chi connectivity index (χ3v) is 3.02. The summed E-state index contributed by atoms with van der Waals surface area (Å²) in [5.41, 5.74) is 2.54. The van der Waals surface area contributed by atoms with E-state index >= 15 is 0 Å². The van der Waals surface area contributed by atoms with Gasteiger partial charge in [-0.25, -0.2) is 0 Å². The number of fused-ring (bicyclic) bond motifs is 1. The monoisotopic (exact) mass is 240 g/mol. The summed E-state index contributed by atoms with van der Waals surface area (Å²) >= 11 is 3.58. The maximum Gasteiger partial charge on any atom is 0.0746 e. The summed E-state index contributed by atoms with van der Waals surface area (Å²) in [5, 5.41) is 3.40. The van der Waals surface area contributed by atoms with Crippen molar-refractivity contribution in [2.45, 2.75) is 6.92 Å². The predicted molar refractivity (Wildman–Crippen MR) is 60.5 cm³/mol. The Hall–Kier alpha value is -0.700. The third kappa shape index (κ3) is 1.53. The number of rotatable bonds is 1. The molecule has 70 valence electrons. The highest BCUT2D eigenvalue weighted by molar-refractivity contribution is 9.10. The van der Waals surface area contributed by atoms with Crippen LogP contribution in [0, 0.1) is 0 Å². The van der Waals surface area contributed by atoms with Gasteiger partial charge in [0.15, 0.2) is 0 Å². The molecule has 0 fully saturated rings. The van der Waals surface area contributed by atoms with E-state index in [0.717, 1.165) is 19.6 Å². The second-order valence-corrected chi connectivity index (χ2v) is 4.00. The molecule has 2 rings (SSSR count). The zero-order valence-electron chi connectivity index (χ0n) is 7.68. The van der Waals surface area contributed by atoms with Crippen LogP contribution in [0.2, 0.25) is 0 Å². The summed E-state index contributed by atoms with van der Waals surface area (Å²) in [7, 11) is 0. The highest BCUT2D eigenvalue weighted by Gasteiger charge is 2.16. The molecule has 0 radical (unpaired) electrons. The Balaban J connectivity index is 2.47. The van der Waals surface area contributed by atoms with Crippen LogP contribution in [-0.2, 0) is 0 Å². The summed E-state index contributed by atoms with van der Waals surface area (Å²) in [5.74, 6) is 0. The number of hydrogen-bond donors (Lipinski definition) is 1. The van der Waals surface area contributed by atoms with Crippen LogP contribution in [0.1, 0.15) is 6.92 Å². The summed E-state index contributed by atoms with van der Waals surface area (Å²) in [6.45, 7) is 5.38. The van der Waals surface area contributed by atoms with Crippen molar-refractivity contribution < 1.29 is 0 Å². The number of halogens is 1. The standard InChI is InChI=1S/C10H13BrN2/c1-2-13-7-6-12-9-5-3-4-8(11)10(9)13/h3-5,12H,2,6-7H2,1H3. The first-order valence-electron chi connectivity index (χ1n) is 4.60. The highest BCUT2D eigenvalue weighted by Crippen LogP contribution is 2.35. The molecule has 0 saturated heterocycles. The maximum atomic E-state index is 3.58. The highest BCUT2D eigenvalue weighted by atomic mass is 79.9. The Morgan fingerprint density at radius 2 is 2.38 bits per heavy atom. The summed E-state index contributed by atoms with van der Waals surface area (Å²) in [6.07, 6.45) is 0. The van der Waals surface area contributed by atoms with Crippen LogP contribution in [0.4, 0.5) is 11.4 Å². The molecule has 0 amide bonds. The summed E-state index contributed by atoms with van der Waals surface area (Å²) in [6, 6.07) is 6.28. The fraction of sp³-hybridized carbons (Fsp3) is 0.400. The summed E-state index contributed by atoms with van der Waals surface area (Å²) < 4.78 is 1.18. The predicted octanol–water partition coefficient (Wildman–Crippen LogP) is 2.70. The lowest BCUT2D eigenvalue weighted by atomic mass is 10.2. The van der Waals surface area contributed by atoms with Gasteiger partial charge in [-0.2, -0.15) is 0 Å². The van der Waals surface area contributed by atoms with E-state index in [1.54, 1.807) is 0 Å². The average Bonchev–Trinajstić information content (AvgIpc) is 2.17. The van der Waals surface area contributed by atoms with Crippen molar-refractivity contribution in [2.75, 3.05) is 29.9 Å². The van der Waals surface area contributed by atoms with Crippen LogP contribution in [0.15, 0.2) is 22.7 Å². The molecule has 0 saturated carbocycles. The van der Waals surface area contributed by atoms with Crippen LogP contribution < -0.4 is 10.2 Å². The van der Waals surface area contributed by atoms with Gasteiger partial charge in [0.25, 0.3) is 0 Å². The first kappa shape index (κ1) is 8.88. The van der Waals surface area contributed by atoms with Gasteiger partial charge in [0.1, 0.15) is 0 Å². The SMILES string of the molecule is CCN1CCNc2cccc(Br)c21. The Bertz CT molecular complexity index is 312. The number of nitrogens with zero attached hydrogens (tertiary/aromatic N) is 1. The van der Waals surface area contributed by atoms with E-state index in [-0.39, 0.29) is 0 Å². The van der Waals surface area contributed by atoms with Gasteiger partial charge >= 0.3 is 0 Å². The van der Waals surface area contributed by atoms with Crippen LogP contribution in [0.25, 0.3) is 0 Å². The largest absolute Gasteiger partial charge is 0.382 e. The number of nitrogens with one attached hydrogen (secondary N) is 1. The minimum atomic E-state index is 1.04. The minimum absolute atomic E-state index is 1.04. The molecule has 13 heavy (non-hydrogen) atoms. The molecule has 1 aliphatic heterocycles. The first-order valence-corrected chi connectivity index (χ1v) is 5.39. The molecule has 1 aromatic carbocycles. The van der Waals surface area contributed by atoms with Crippen molar-refractivity contribution in [3.8, 4) is 0 Å².